The molecule has 0 fully saturated rings. The third-order valence-corrected chi connectivity index (χ3v) is 3.25. The molecule has 1 aromatic heterocycles. The first-order chi connectivity index (χ1) is 12.1. The highest BCUT2D eigenvalue weighted by Crippen LogP contribution is 2.03. The molecule has 7 nitrogen and oxygen atoms in total. The molecule has 0 aliphatic heterocycles. The molecule has 0 saturated heterocycles. The summed E-state index contributed by atoms with van der Waals surface area (Å²) in [6, 6.07) is 7.48. The summed E-state index contributed by atoms with van der Waals surface area (Å²) in [4.78, 5) is 31.4. The lowest BCUT2D eigenvalue weighted by Gasteiger charge is -2.08. The Bertz CT molecular complexity index is 679. The number of aromatic nitrogens is 2. The predicted molar refractivity (Wildman–Crippen MR) is 91.3 cm³/mol. The second-order valence-electron chi connectivity index (χ2n) is 5.25. The van der Waals surface area contributed by atoms with Gasteiger partial charge in [0, 0.05) is 38.4 Å². The Balaban J connectivity index is 1.53. The van der Waals surface area contributed by atoms with Crippen LogP contribution in [-0.4, -0.2) is 41.4 Å². The molecule has 3 N–H and O–H groups in total. The minimum atomic E-state index is -0.333. The van der Waals surface area contributed by atoms with Crippen LogP contribution in [0.1, 0.15) is 12.0 Å². The molecule has 0 spiro atoms. The number of nitrogens with one attached hydrogen (secondary N) is 3. The van der Waals surface area contributed by atoms with Crippen molar-refractivity contribution >= 4 is 17.8 Å². The summed E-state index contributed by atoms with van der Waals surface area (Å²) < 4.78 is 12.8. The zero-order valence-electron chi connectivity index (χ0n) is 13.7. The Morgan fingerprint density at radius 2 is 1.56 bits per heavy atom. The molecule has 8 heteroatoms. The Kier molecular flexibility index (Phi) is 7.30. The lowest BCUT2D eigenvalue weighted by molar-refractivity contribution is -0.122. The van der Waals surface area contributed by atoms with Gasteiger partial charge < -0.3 is 16.0 Å². The molecule has 0 aliphatic rings. The van der Waals surface area contributed by atoms with Crippen molar-refractivity contribution in [2.75, 3.05) is 25.0 Å². The van der Waals surface area contributed by atoms with Crippen LogP contribution in [0.2, 0.25) is 0 Å². The average Bonchev–Trinajstić information content (AvgIpc) is 2.62. The number of halogens is 1. The molecule has 0 saturated carbocycles. The lowest BCUT2D eigenvalue weighted by Crippen LogP contribution is -2.35. The molecule has 0 bridgehead atoms. The first kappa shape index (κ1) is 18.3. The van der Waals surface area contributed by atoms with Gasteiger partial charge in [0.1, 0.15) is 5.82 Å². The van der Waals surface area contributed by atoms with E-state index >= 15 is 0 Å². The van der Waals surface area contributed by atoms with Crippen LogP contribution in [0.25, 0.3) is 0 Å². The highest BCUT2D eigenvalue weighted by atomic mass is 19.1. The van der Waals surface area contributed by atoms with Crippen molar-refractivity contribution < 1.29 is 14.0 Å². The number of nitrogens with zero attached hydrogens (tertiary/aromatic N) is 2. The lowest BCUT2D eigenvalue weighted by atomic mass is 10.1. The van der Waals surface area contributed by atoms with Gasteiger partial charge in [0.25, 0.3) is 0 Å². The van der Waals surface area contributed by atoms with E-state index in [-0.39, 0.29) is 30.5 Å². The van der Waals surface area contributed by atoms with Gasteiger partial charge in [-0.15, -0.1) is 0 Å². The summed E-state index contributed by atoms with van der Waals surface area (Å²) in [7, 11) is 0. The third-order valence-electron chi connectivity index (χ3n) is 3.25. The Morgan fingerprint density at radius 3 is 2.24 bits per heavy atom. The SMILES string of the molecule is O=C(CCNc1ncccn1)NCCNC(=O)Cc1ccc(F)cc1. The zero-order valence-corrected chi connectivity index (χ0v) is 13.7. The van der Waals surface area contributed by atoms with Crippen LogP contribution in [0.3, 0.4) is 0 Å². The van der Waals surface area contributed by atoms with Crippen LogP contribution in [0, 0.1) is 5.82 Å². The third kappa shape index (κ3) is 7.38. The van der Waals surface area contributed by atoms with Crippen LogP contribution in [0.4, 0.5) is 10.3 Å². The molecule has 0 unspecified atom stereocenters. The molecule has 2 rings (SSSR count). The molecule has 0 radical (unpaired) electrons. The maximum absolute atomic E-state index is 12.8. The molecule has 1 aromatic carbocycles. The minimum absolute atomic E-state index is 0.129. The van der Waals surface area contributed by atoms with Crippen molar-refractivity contribution in [3.05, 3.63) is 54.1 Å². The van der Waals surface area contributed by atoms with Gasteiger partial charge in [0.2, 0.25) is 17.8 Å². The number of anilines is 1. The number of benzene rings is 1. The van der Waals surface area contributed by atoms with Crippen molar-refractivity contribution in [2.45, 2.75) is 12.8 Å². The van der Waals surface area contributed by atoms with Crippen molar-refractivity contribution in [3.8, 4) is 0 Å². The standard InChI is InChI=1S/C17H20FN5O2/c18-14-4-2-13(3-5-14)12-16(25)20-11-10-19-15(24)6-9-23-17-21-7-1-8-22-17/h1-5,7-8H,6,9-12H2,(H,19,24)(H,20,25)(H,21,22,23). The maximum Gasteiger partial charge on any atom is 0.224 e. The summed E-state index contributed by atoms with van der Waals surface area (Å²) in [6.45, 7) is 1.10. The van der Waals surface area contributed by atoms with Crippen molar-refractivity contribution in [1.29, 1.82) is 0 Å². The summed E-state index contributed by atoms with van der Waals surface area (Å²) in [5.41, 5.74) is 0.733. The molecule has 132 valence electrons. The van der Waals surface area contributed by atoms with Crippen LogP contribution in [-0.2, 0) is 16.0 Å². The Hall–Kier alpha value is -3.03. The Morgan fingerprint density at radius 1 is 0.920 bits per heavy atom. The van der Waals surface area contributed by atoms with E-state index in [9.17, 15) is 14.0 Å². The van der Waals surface area contributed by atoms with E-state index in [0.29, 0.717) is 25.6 Å². The number of carbonyl (C=O) groups excluding carboxylic acids is 2. The highest BCUT2D eigenvalue weighted by molar-refractivity contribution is 5.79. The minimum Gasteiger partial charge on any atom is -0.354 e. The Labute approximate surface area is 145 Å². The normalized spacial score (nSPS) is 10.1. The van der Waals surface area contributed by atoms with Crippen LogP contribution < -0.4 is 16.0 Å². The van der Waals surface area contributed by atoms with Gasteiger partial charge in [-0.1, -0.05) is 12.1 Å². The molecule has 25 heavy (non-hydrogen) atoms. The van der Waals surface area contributed by atoms with Crippen LogP contribution in [0.5, 0.6) is 0 Å². The fourth-order valence-electron chi connectivity index (χ4n) is 2.02. The van der Waals surface area contributed by atoms with E-state index in [1.165, 1.54) is 12.1 Å². The van der Waals surface area contributed by atoms with E-state index in [1.54, 1.807) is 30.6 Å². The van der Waals surface area contributed by atoms with Gasteiger partial charge in [-0.05, 0) is 23.8 Å². The molecule has 0 atom stereocenters. The topological polar surface area (TPSA) is 96.0 Å². The van der Waals surface area contributed by atoms with Crippen LogP contribution >= 0.6 is 0 Å². The summed E-state index contributed by atoms with van der Waals surface area (Å²) in [6.07, 6.45) is 3.69. The van der Waals surface area contributed by atoms with E-state index < -0.39 is 0 Å². The predicted octanol–water partition coefficient (Wildman–Crippen LogP) is 0.893. The summed E-state index contributed by atoms with van der Waals surface area (Å²) in [5.74, 6) is -0.163. The monoisotopic (exact) mass is 345 g/mol. The number of hydrogen-bond acceptors (Lipinski definition) is 5. The number of rotatable bonds is 9. The molecule has 0 aliphatic carbocycles. The van der Waals surface area contributed by atoms with Gasteiger partial charge in [-0.3, -0.25) is 9.59 Å². The fourth-order valence-corrected chi connectivity index (χ4v) is 2.02. The average molecular weight is 345 g/mol. The highest BCUT2D eigenvalue weighted by Gasteiger charge is 2.04. The first-order valence-electron chi connectivity index (χ1n) is 7.92. The van der Waals surface area contributed by atoms with E-state index in [4.69, 9.17) is 0 Å². The molecule has 2 amide bonds. The fraction of sp³-hybridized carbons (Fsp3) is 0.294. The van der Waals surface area contributed by atoms with Gasteiger partial charge in [0.15, 0.2) is 0 Å². The molecular formula is C17H20FN5O2. The first-order valence-corrected chi connectivity index (χ1v) is 7.92. The van der Waals surface area contributed by atoms with Gasteiger partial charge >= 0.3 is 0 Å². The van der Waals surface area contributed by atoms with Gasteiger partial charge in [-0.25, -0.2) is 14.4 Å². The molecular weight excluding hydrogens is 325 g/mol. The number of hydrogen-bond donors (Lipinski definition) is 3. The largest absolute Gasteiger partial charge is 0.354 e. The molecule has 2 aromatic rings. The van der Waals surface area contributed by atoms with E-state index in [0.717, 1.165) is 5.56 Å². The zero-order chi connectivity index (χ0) is 17.9. The smallest absolute Gasteiger partial charge is 0.224 e. The van der Waals surface area contributed by atoms with Gasteiger partial charge in [0.05, 0.1) is 6.42 Å². The van der Waals surface area contributed by atoms with Crippen molar-refractivity contribution in [2.24, 2.45) is 0 Å². The number of amides is 2. The molecule has 1 heterocycles. The summed E-state index contributed by atoms with van der Waals surface area (Å²) >= 11 is 0. The van der Waals surface area contributed by atoms with Crippen LogP contribution in [0.15, 0.2) is 42.7 Å². The maximum atomic E-state index is 12.8. The number of carbonyl (C=O) groups is 2. The van der Waals surface area contributed by atoms with E-state index in [1.807, 2.05) is 0 Å². The second kappa shape index (κ2) is 9.96. The second-order valence-corrected chi connectivity index (χ2v) is 5.25. The van der Waals surface area contributed by atoms with Crippen molar-refractivity contribution in [3.63, 3.8) is 0 Å². The quantitative estimate of drug-likeness (QED) is 0.587. The van der Waals surface area contributed by atoms with E-state index in [2.05, 4.69) is 25.9 Å². The summed E-state index contributed by atoms with van der Waals surface area (Å²) in [5, 5.41) is 8.35. The van der Waals surface area contributed by atoms with Gasteiger partial charge in [-0.2, -0.15) is 0 Å². The van der Waals surface area contributed by atoms with Crippen molar-refractivity contribution in [1.82, 2.24) is 20.6 Å².